The van der Waals surface area contributed by atoms with Crippen LogP contribution in [0, 0.1) is 0 Å². The highest BCUT2D eigenvalue weighted by molar-refractivity contribution is 6.73. The van der Waals surface area contributed by atoms with Crippen molar-refractivity contribution >= 4 is 68.8 Å². The fraction of sp³-hybridized carbons (Fsp3) is 0.119. The number of nitrogens with one attached hydrogen (secondary N) is 1. The second kappa shape index (κ2) is 14.4. The first-order chi connectivity index (χ1) is 31.3. The Morgan fingerprint density at radius 1 is 0.587 bits per heavy atom. The van der Waals surface area contributed by atoms with Gasteiger partial charge in [0, 0.05) is 50.6 Å². The summed E-state index contributed by atoms with van der Waals surface area (Å²) in [6, 6.07) is 61.1. The van der Waals surface area contributed by atoms with Crippen LogP contribution >= 0.6 is 0 Å². The number of para-hydroxylation sites is 5. The molecule has 1 atom stereocenters. The van der Waals surface area contributed by atoms with Crippen molar-refractivity contribution in [1.29, 1.82) is 0 Å². The third kappa shape index (κ3) is 5.40. The third-order valence-electron chi connectivity index (χ3n) is 14.3. The molecule has 299 valence electrons. The highest BCUT2D eigenvalue weighted by Gasteiger charge is 2.49. The number of aryl methyl sites for hydroxylation is 1. The van der Waals surface area contributed by atoms with E-state index < -0.39 is 5.41 Å². The Morgan fingerprint density at radius 2 is 1.32 bits per heavy atom. The number of anilines is 6. The van der Waals surface area contributed by atoms with Crippen LogP contribution in [0.5, 0.6) is 0 Å². The first-order valence-corrected chi connectivity index (χ1v) is 22.7. The van der Waals surface area contributed by atoms with Crippen LogP contribution < -0.4 is 20.7 Å². The van der Waals surface area contributed by atoms with E-state index in [4.69, 9.17) is 0 Å². The maximum atomic E-state index is 4.07. The molecule has 63 heavy (non-hydrogen) atoms. The van der Waals surface area contributed by atoms with E-state index in [0.29, 0.717) is 0 Å². The number of H-pyrrole nitrogens is 1. The molecule has 0 spiro atoms. The lowest BCUT2D eigenvalue weighted by atomic mass is 9.53. The molecular formula is C59H45BN3. The molecule has 0 saturated heterocycles. The molecule has 2 aliphatic heterocycles. The van der Waals surface area contributed by atoms with Gasteiger partial charge in [0.25, 0.3) is 0 Å². The van der Waals surface area contributed by atoms with Crippen molar-refractivity contribution in [3.63, 3.8) is 0 Å². The molecule has 1 aromatic heterocycles. The Morgan fingerprint density at radius 3 is 2.11 bits per heavy atom. The number of hydrogen-bond donors (Lipinski definition) is 1. The summed E-state index contributed by atoms with van der Waals surface area (Å²) in [7, 11) is 2.49. The molecule has 1 radical (unpaired) electrons. The Hall–Kier alpha value is -7.30. The zero-order chi connectivity index (χ0) is 41.5. The standard InChI is InChI=1S/C59H45BN3/c1-5-20-40(21-6-1)59(41-22-7-2-8-23-41)49-31-15-16-34-53(49)63-54-38-44(62(42-24-9-3-10-25-42)43-26-11-4-12-27-43)37-48(56(54)60-51-33-18-32-50(59)58(51)63)46-29-17-30-47-55-45-28-14-13-19-39(45)35-36-52(55)61-57(46)47/h1-7,9-13,15-22,24-27,29-34,37-38,61H,8,14,23,28,35-36H2. The lowest BCUT2D eigenvalue weighted by Gasteiger charge is -2.50. The lowest BCUT2D eigenvalue weighted by molar-refractivity contribution is 0.668. The van der Waals surface area contributed by atoms with Crippen LogP contribution in [0.15, 0.2) is 205 Å². The second-order valence-electron chi connectivity index (χ2n) is 17.6. The van der Waals surface area contributed by atoms with E-state index in [1.165, 1.54) is 94.7 Å². The van der Waals surface area contributed by atoms with Crippen molar-refractivity contribution in [1.82, 2.24) is 4.98 Å². The van der Waals surface area contributed by atoms with Crippen LogP contribution in [-0.4, -0.2) is 12.3 Å². The minimum atomic E-state index is -0.465. The van der Waals surface area contributed by atoms with Crippen LogP contribution in [0.4, 0.5) is 34.1 Å². The average molecular weight is 807 g/mol. The smallest absolute Gasteiger partial charge is 0.197 e. The Labute approximate surface area is 370 Å². The van der Waals surface area contributed by atoms with E-state index in [-0.39, 0.29) is 0 Å². The van der Waals surface area contributed by atoms with Gasteiger partial charge in [-0.3, -0.25) is 0 Å². The molecular weight excluding hydrogens is 761 g/mol. The van der Waals surface area contributed by atoms with Crippen LogP contribution in [-0.2, 0) is 11.8 Å². The van der Waals surface area contributed by atoms with Crippen molar-refractivity contribution in [3.05, 3.63) is 233 Å². The maximum Gasteiger partial charge on any atom is 0.197 e. The average Bonchev–Trinajstić information content (AvgIpc) is 3.75. The summed E-state index contributed by atoms with van der Waals surface area (Å²) in [6.45, 7) is 0. The molecule has 0 amide bonds. The second-order valence-corrected chi connectivity index (χ2v) is 17.6. The van der Waals surface area contributed by atoms with E-state index in [0.717, 1.165) is 55.6 Å². The number of benzene rings is 7. The fourth-order valence-electron chi connectivity index (χ4n) is 11.8. The van der Waals surface area contributed by atoms with Crippen LogP contribution in [0.2, 0.25) is 0 Å². The first-order valence-electron chi connectivity index (χ1n) is 22.7. The Kier molecular flexibility index (Phi) is 8.31. The Bertz CT molecular complexity index is 3220. The molecule has 13 rings (SSSR count). The van der Waals surface area contributed by atoms with E-state index in [9.17, 15) is 0 Å². The van der Waals surface area contributed by atoms with E-state index in [1.54, 1.807) is 0 Å². The van der Waals surface area contributed by atoms with E-state index in [2.05, 4.69) is 216 Å². The summed E-state index contributed by atoms with van der Waals surface area (Å²) < 4.78 is 0. The molecule has 7 aromatic carbocycles. The molecule has 3 aliphatic carbocycles. The number of fused-ring (bicyclic) bond motifs is 8. The third-order valence-corrected chi connectivity index (χ3v) is 14.3. The van der Waals surface area contributed by atoms with Crippen molar-refractivity contribution < 1.29 is 0 Å². The summed E-state index contributed by atoms with van der Waals surface area (Å²) in [4.78, 5) is 9.11. The predicted octanol–water partition coefficient (Wildman–Crippen LogP) is 13.7. The Balaban J connectivity index is 1.12. The molecule has 1 N–H and O–H groups in total. The van der Waals surface area contributed by atoms with E-state index in [1.807, 2.05) is 0 Å². The quantitative estimate of drug-likeness (QED) is 0.169. The molecule has 0 fully saturated rings. The largest absolute Gasteiger partial charge is 0.357 e. The number of aromatic nitrogens is 1. The van der Waals surface area contributed by atoms with Gasteiger partial charge in [-0.2, -0.15) is 0 Å². The van der Waals surface area contributed by atoms with Gasteiger partial charge in [-0.1, -0.05) is 163 Å². The molecule has 0 bridgehead atoms. The summed E-state index contributed by atoms with van der Waals surface area (Å²) in [5.74, 6) is 0. The lowest BCUT2D eigenvalue weighted by Crippen LogP contribution is -2.47. The number of hydrogen-bond acceptors (Lipinski definition) is 2. The molecule has 3 nitrogen and oxygen atoms in total. The molecule has 1 unspecified atom stereocenters. The fourth-order valence-corrected chi connectivity index (χ4v) is 11.8. The molecule has 3 heterocycles. The summed E-state index contributed by atoms with van der Waals surface area (Å²) in [5.41, 5.74) is 23.9. The predicted molar refractivity (Wildman–Crippen MR) is 265 cm³/mol. The minimum Gasteiger partial charge on any atom is -0.357 e. The van der Waals surface area contributed by atoms with Crippen molar-refractivity contribution in [2.75, 3.05) is 9.80 Å². The van der Waals surface area contributed by atoms with Gasteiger partial charge in [-0.25, -0.2) is 0 Å². The molecule has 4 heteroatoms. The minimum absolute atomic E-state index is 0.465. The van der Waals surface area contributed by atoms with Crippen LogP contribution in [0.25, 0.3) is 27.6 Å². The highest BCUT2D eigenvalue weighted by Crippen LogP contribution is 2.59. The topological polar surface area (TPSA) is 22.3 Å². The first kappa shape index (κ1) is 36.4. The number of nitrogens with zero attached hydrogens (tertiary/aromatic N) is 2. The van der Waals surface area contributed by atoms with Gasteiger partial charge < -0.3 is 14.8 Å². The van der Waals surface area contributed by atoms with Crippen molar-refractivity contribution in [2.24, 2.45) is 0 Å². The van der Waals surface area contributed by atoms with Crippen molar-refractivity contribution in [3.8, 4) is 11.1 Å². The zero-order valence-corrected chi connectivity index (χ0v) is 35.2. The van der Waals surface area contributed by atoms with Gasteiger partial charge in [0.1, 0.15) is 0 Å². The number of rotatable bonds is 6. The van der Waals surface area contributed by atoms with Gasteiger partial charge in [0.15, 0.2) is 7.28 Å². The van der Waals surface area contributed by atoms with Gasteiger partial charge in [0.2, 0.25) is 0 Å². The SMILES string of the molecule is [B]1c2cccc3c2N(c2ccccc2C3(C2=CC=CCC2)c2ccccc2)c2cc(N(c3ccccc3)c3ccccc3)cc(-c3cccc4c5c([nH]c34)CCC3=C5CCC=C3)c21. The number of allylic oxidation sites excluding steroid dienone is 8. The number of aromatic amines is 1. The molecule has 0 saturated carbocycles. The van der Waals surface area contributed by atoms with Gasteiger partial charge >= 0.3 is 0 Å². The summed E-state index contributed by atoms with van der Waals surface area (Å²) >= 11 is 0. The monoisotopic (exact) mass is 806 g/mol. The van der Waals surface area contributed by atoms with Gasteiger partial charge in [0.05, 0.1) is 16.6 Å². The van der Waals surface area contributed by atoms with Crippen LogP contribution in [0.3, 0.4) is 0 Å². The van der Waals surface area contributed by atoms with Gasteiger partial charge in [-0.15, -0.1) is 0 Å². The molecule has 8 aromatic rings. The zero-order valence-electron chi connectivity index (χ0n) is 35.2. The molecule has 5 aliphatic rings. The maximum absolute atomic E-state index is 4.07. The summed E-state index contributed by atoms with van der Waals surface area (Å²) in [6.07, 6.45) is 18.1. The highest BCUT2D eigenvalue weighted by atomic mass is 15.2. The van der Waals surface area contributed by atoms with Crippen molar-refractivity contribution in [2.45, 2.75) is 43.9 Å². The van der Waals surface area contributed by atoms with Crippen LogP contribution in [0.1, 0.15) is 60.1 Å². The normalized spacial score (nSPS) is 17.8. The summed E-state index contributed by atoms with van der Waals surface area (Å²) in [5, 5.41) is 1.33. The van der Waals surface area contributed by atoms with E-state index >= 15 is 0 Å². The van der Waals surface area contributed by atoms with Gasteiger partial charge in [-0.05, 0) is 120 Å².